The minimum atomic E-state index is -4.39. The third kappa shape index (κ3) is 3.97. The Morgan fingerprint density at radius 1 is 1.17 bits per heavy atom. The summed E-state index contributed by atoms with van der Waals surface area (Å²) in [5, 5.41) is 0. The zero-order valence-corrected chi connectivity index (χ0v) is 16.6. The summed E-state index contributed by atoms with van der Waals surface area (Å²) in [5.74, 6) is 0.700. The van der Waals surface area contributed by atoms with E-state index in [0.717, 1.165) is 42.7 Å². The molecule has 1 atom stereocenters. The van der Waals surface area contributed by atoms with Crippen LogP contribution in [0.15, 0.2) is 60.8 Å². The van der Waals surface area contributed by atoms with E-state index in [2.05, 4.69) is 12.2 Å². The number of aromatic nitrogens is 2. The highest BCUT2D eigenvalue weighted by atomic mass is 19.4. The first-order chi connectivity index (χ1) is 14.3. The number of hydrogen-bond acceptors (Lipinski definition) is 2. The van der Waals surface area contributed by atoms with Crippen molar-refractivity contribution in [3.05, 3.63) is 77.6 Å². The predicted octanol–water partition coefficient (Wildman–Crippen LogP) is 5.73. The van der Waals surface area contributed by atoms with Gasteiger partial charge in [0.25, 0.3) is 0 Å². The molecule has 1 aliphatic carbocycles. The van der Waals surface area contributed by atoms with E-state index in [1.807, 2.05) is 28.8 Å². The van der Waals surface area contributed by atoms with Gasteiger partial charge in [0, 0.05) is 19.0 Å². The zero-order chi connectivity index (χ0) is 21.3. The fraction of sp³-hybridized carbons (Fsp3) is 0.304. The second-order valence-corrected chi connectivity index (χ2v) is 7.53. The maximum absolute atomic E-state index is 12.9. The lowest BCUT2D eigenvalue weighted by atomic mass is 9.91. The summed E-state index contributed by atoms with van der Waals surface area (Å²) in [4.78, 5) is 19.1. The van der Waals surface area contributed by atoms with E-state index in [4.69, 9.17) is 4.98 Å². The van der Waals surface area contributed by atoms with Crippen molar-refractivity contribution in [2.45, 2.75) is 44.8 Å². The molecule has 4 rings (SSSR count). The number of benzene rings is 1. The average Bonchev–Trinajstić information content (AvgIpc) is 3.11. The van der Waals surface area contributed by atoms with Gasteiger partial charge in [-0.05, 0) is 49.1 Å². The minimum absolute atomic E-state index is 0.172. The number of rotatable bonds is 4. The lowest BCUT2D eigenvalue weighted by molar-refractivity contribution is -0.137. The monoisotopic (exact) mass is 413 g/mol. The third-order valence-corrected chi connectivity index (χ3v) is 5.44. The summed E-state index contributed by atoms with van der Waals surface area (Å²) in [6.07, 6.45) is 4.51. The number of allylic oxidation sites excluding steroid dienone is 2. The Morgan fingerprint density at radius 2 is 1.93 bits per heavy atom. The van der Waals surface area contributed by atoms with Crippen LogP contribution in [0.3, 0.4) is 0 Å². The molecule has 2 heterocycles. The van der Waals surface area contributed by atoms with Crippen LogP contribution < -0.4 is 4.90 Å². The van der Waals surface area contributed by atoms with Gasteiger partial charge in [-0.25, -0.2) is 4.98 Å². The third-order valence-electron chi connectivity index (χ3n) is 5.44. The Balaban J connectivity index is 1.75. The number of alkyl halides is 3. The largest absolute Gasteiger partial charge is 0.416 e. The molecule has 0 saturated heterocycles. The topological polar surface area (TPSA) is 37.6 Å². The fourth-order valence-corrected chi connectivity index (χ4v) is 3.90. The first kappa shape index (κ1) is 20.2. The zero-order valence-electron chi connectivity index (χ0n) is 16.6. The summed E-state index contributed by atoms with van der Waals surface area (Å²) in [7, 11) is 0. The molecule has 0 fully saturated rings. The average molecular weight is 413 g/mol. The van der Waals surface area contributed by atoms with Crippen LogP contribution >= 0.6 is 0 Å². The van der Waals surface area contributed by atoms with E-state index in [9.17, 15) is 18.0 Å². The van der Waals surface area contributed by atoms with Gasteiger partial charge in [0.1, 0.15) is 11.5 Å². The molecule has 30 heavy (non-hydrogen) atoms. The van der Waals surface area contributed by atoms with Crippen molar-refractivity contribution in [2.75, 3.05) is 4.90 Å². The van der Waals surface area contributed by atoms with E-state index in [1.165, 1.54) is 19.1 Å². The maximum Gasteiger partial charge on any atom is 0.416 e. The Kier molecular flexibility index (Phi) is 5.37. The summed E-state index contributed by atoms with van der Waals surface area (Å²) in [6, 6.07) is 10.6. The molecule has 0 saturated carbocycles. The van der Waals surface area contributed by atoms with E-state index < -0.39 is 11.7 Å². The number of hydrogen-bond donors (Lipinski definition) is 0. The number of imidazole rings is 1. The van der Waals surface area contributed by atoms with Gasteiger partial charge in [0.2, 0.25) is 5.91 Å². The Morgan fingerprint density at radius 3 is 2.57 bits per heavy atom. The summed E-state index contributed by atoms with van der Waals surface area (Å²) in [6.45, 7) is 1.64. The Labute approximate surface area is 172 Å². The van der Waals surface area contributed by atoms with Gasteiger partial charge in [-0.15, -0.1) is 0 Å². The summed E-state index contributed by atoms with van der Waals surface area (Å²) < 4.78 is 40.5. The number of anilines is 1. The molecule has 7 heteroatoms. The van der Waals surface area contributed by atoms with Crippen LogP contribution in [0.1, 0.15) is 48.9 Å². The summed E-state index contributed by atoms with van der Waals surface area (Å²) >= 11 is 0. The lowest BCUT2D eigenvalue weighted by Gasteiger charge is -2.25. The van der Waals surface area contributed by atoms with Gasteiger partial charge >= 0.3 is 6.18 Å². The molecule has 0 aliphatic heterocycles. The van der Waals surface area contributed by atoms with Crippen LogP contribution in [0, 0.1) is 0 Å². The minimum Gasteiger partial charge on any atom is -0.292 e. The van der Waals surface area contributed by atoms with Crippen LogP contribution in [0.5, 0.6) is 0 Å². The molecule has 4 nitrogen and oxygen atoms in total. The number of pyridine rings is 1. The summed E-state index contributed by atoms with van der Waals surface area (Å²) in [5.41, 5.74) is 1.52. The number of fused-ring (bicyclic) bond motifs is 1. The normalized spacial score (nSPS) is 16.7. The number of amides is 1. The van der Waals surface area contributed by atoms with Crippen LogP contribution in [-0.4, -0.2) is 15.3 Å². The molecule has 156 valence electrons. The molecule has 0 N–H and O–H groups in total. The van der Waals surface area contributed by atoms with Crippen molar-refractivity contribution in [2.24, 2.45) is 0 Å². The molecule has 2 aromatic heterocycles. The number of halogens is 3. The van der Waals surface area contributed by atoms with Gasteiger partial charge in [0.15, 0.2) is 0 Å². The predicted molar refractivity (Wildman–Crippen MR) is 109 cm³/mol. The van der Waals surface area contributed by atoms with Crippen molar-refractivity contribution in [3.8, 4) is 0 Å². The van der Waals surface area contributed by atoms with Crippen molar-refractivity contribution < 1.29 is 18.0 Å². The Bertz CT molecular complexity index is 1080. The second kappa shape index (κ2) is 7.97. The highest BCUT2D eigenvalue weighted by Crippen LogP contribution is 2.36. The van der Waals surface area contributed by atoms with E-state index >= 15 is 0 Å². The van der Waals surface area contributed by atoms with Crippen LogP contribution in [-0.2, 0) is 17.5 Å². The quantitative estimate of drug-likeness (QED) is 0.512. The molecule has 0 radical (unpaired) electrons. The van der Waals surface area contributed by atoms with Gasteiger partial charge in [0.05, 0.1) is 17.8 Å². The molecule has 0 bridgehead atoms. The number of carbonyl (C=O) groups excluding carboxylic acids is 1. The second-order valence-electron chi connectivity index (χ2n) is 7.53. The van der Waals surface area contributed by atoms with E-state index in [-0.39, 0.29) is 18.4 Å². The molecule has 1 amide bonds. The highest BCUT2D eigenvalue weighted by Gasteiger charge is 2.31. The van der Waals surface area contributed by atoms with Crippen LogP contribution in [0.25, 0.3) is 5.65 Å². The number of carbonyl (C=O) groups is 1. The lowest BCUT2D eigenvalue weighted by Crippen LogP contribution is -2.30. The van der Waals surface area contributed by atoms with Crippen molar-refractivity contribution in [1.82, 2.24) is 9.38 Å². The van der Waals surface area contributed by atoms with Gasteiger partial charge in [-0.1, -0.05) is 30.4 Å². The fourth-order valence-electron chi connectivity index (χ4n) is 3.90. The van der Waals surface area contributed by atoms with Gasteiger partial charge in [-0.2, -0.15) is 13.2 Å². The first-order valence-corrected chi connectivity index (χ1v) is 9.91. The highest BCUT2D eigenvalue weighted by molar-refractivity contribution is 5.91. The first-order valence-electron chi connectivity index (χ1n) is 9.91. The van der Waals surface area contributed by atoms with Crippen LogP contribution in [0.2, 0.25) is 0 Å². The van der Waals surface area contributed by atoms with Crippen molar-refractivity contribution in [1.29, 1.82) is 0 Å². The molecular formula is C23H22F3N3O. The van der Waals surface area contributed by atoms with E-state index in [0.29, 0.717) is 11.4 Å². The molecule has 3 aromatic rings. The SMILES string of the molecule is CC(=O)N(Cc1ccc(C(F)(F)F)cc1)c1c(C2CC=CCC2)nc2ccccn12. The number of nitrogens with zero attached hydrogens (tertiary/aromatic N) is 3. The molecule has 1 aliphatic rings. The molecular weight excluding hydrogens is 391 g/mol. The molecule has 1 unspecified atom stereocenters. The maximum atomic E-state index is 12.9. The van der Waals surface area contributed by atoms with Crippen LogP contribution in [0.4, 0.5) is 19.0 Å². The van der Waals surface area contributed by atoms with Gasteiger partial charge < -0.3 is 0 Å². The van der Waals surface area contributed by atoms with Gasteiger partial charge in [-0.3, -0.25) is 14.1 Å². The van der Waals surface area contributed by atoms with Crippen molar-refractivity contribution in [3.63, 3.8) is 0 Å². The smallest absolute Gasteiger partial charge is 0.292 e. The Hall–Kier alpha value is -3.09. The molecule has 0 spiro atoms. The standard InChI is InChI=1S/C23H22F3N3O/c1-16(30)29(15-17-10-12-19(13-11-17)23(24,25)26)22-21(18-7-3-2-4-8-18)27-20-9-5-6-14-28(20)22/h2-3,5-6,9-14,18H,4,7-8,15H2,1H3. The van der Waals surface area contributed by atoms with E-state index in [1.54, 1.807) is 4.90 Å². The molecule has 1 aromatic carbocycles. The van der Waals surface area contributed by atoms with Crippen molar-refractivity contribution >= 4 is 17.4 Å².